The van der Waals surface area contributed by atoms with Crippen LogP contribution in [0.15, 0.2) is 0 Å². The van der Waals surface area contributed by atoms with E-state index < -0.39 is 0 Å². The summed E-state index contributed by atoms with van der Waals surface area (Å²) in [5.41, 5.74) is -0.132. The van der Waals surface area contributed by atoms with Crippen LogP contribution in [0.1, 0.15) is 32.6 Å². The summed E-state index contributed by atoms with van der Waals surface area (Å²) in [4.78, 5) is 28.0. The zero-order chi connectivity index (χ0) is 13.9. The lowest BCUT2D eigenvalue weighted by Crippen LogP contribution is -2.50. The van der Waals surface area contributed by atoms with Gasteiger partial charge >= 0.3 is 0 Å². The molecular weight excluding hydrogens is 278 g/mol. The third-order valence-electron chi connectivity index (χ3n) is 4.22. The minimum atomic E-state index is -0.132. The molecule has 0 aromatic carbocycles. The highest BCUT2D eigenvalue weighted by molar-refractivity contribution is 5.89. The number of piperazine rings is 1. The molecule has 116 valence electrons. The molecule has 1 heterocycles. The summed E-state index contributed by atoms with van der Waals surface area (Å²) in [5.74, 6) is 0.238. The van der Waals surface area contributed by atoms with Crippen LogP contribution in [0.2, 0.25) is 0 Å². The van der Waals surface area contributed by atoms with E-state index in [1.54, 1.807) is 11.9 Å². The third kappa shape index (κ3) is 3.85. The maximum absolute atomic E-state index is 12.4. The molecule has 5 nitrogen and oxygen atoms in total. The quantitative estimate of drug-likeness (QED) is 0.820. The molecule has 2 aliphatic rings. The molecule has 20 heavy (non-hydrogen) atoms. The number of likely N-dealkylation sites (N-methyl/N-ethyl adjacent to an activating group) is 1. The van der Waals surface area contributed by atoms with Gasteiger partial charge in [0.15, 0.2) is 0 Å². The van der Waals surface area contributed by atoms with Crippen molar-refractivity contribution in [2.75, 3.05) is 39.8 Å². The Morgan fingerprint density at radius 2 is 1.85 bits per heavy atom. The fourth-order valence-corrected chi connectivity index (χ4v) is 2.89. The van der Waals surface area contributed by atoms with E-state index in [2.05, 4.69) is 12.2 Å². The van der Waals surface area contributed by atoms with E-state index in [9.17, 15) is 9.59 Å². The molecule has 1 N–H and O–H groups in total. The molecule has 0 bridgehead atoms. The number of nitrogens with one attached hydrogen (secondary N) is 1. The fraction of sp³-hybridized carbons (Fsp3) is 0.857. The maximum atomic E-state index is 12.4. The molecule has 2 fully saturated rings. The number of hydrogen-bond donors (Lipinski definition) is 1. The normalized spacial score (nSPS) is 20.0. The summed E-state index contributed by atoms with van der Waals surface area (Å²) in [6.45, 7) is 5.54. The van der Waals surface area contributed by atoms with Crippen LogP contribution in [-0.4, -0.2) is 61.4 Å². The summed E-state index contributed by atoms with van der Waals surface area (Å²) < 4.78 is 0. The van der Waals surface area contributed by atoms with Crippen LogP contribution in [0.4, 0.5) is 0 Å². The van der Waals surface area contributed by atoms with Crippen LogP contribution >= 0.6 is 12.4 Å². The van der Waals surface area contributed by atoms with Gasteiger partial charge < -0.3 is 15.1 Å². The van der Waals surface area contributed by atoms with Crippen molar-refractivity contribution in [3.63, 3.8) is 0 Å². The first-order valence-electron chi connectivity index (χ1n) is 7.33. The minimum absolute atomic E-state index is 0. The Labute approximate surface area is 127 Å². The summed E-state index contributed by atoms with van der Waals surface area (Å²) in [7, 11) is 1.76. The zero-order valence-electron chi connectivity index (χ0n) is 12.5. The highest BCUT2D eigenvalue weighted by Gasteiger charge is 2.50. The van der Waals surface area contributed by atoms with E-state index in [0.717, 1.165) is 51.9 Å². The Hall–Kier alpha value is -0.810. The summed E-state index contributed by atoms with van der Waals surface area (Å²) in [6.07, 6.45) is 3.97. The molecule has 6 heteroatoms. The first-order valence-corrected chi connectivity index (χ1v) is 7.33. The van der Waals surface area contributed by atoms with Gasteiger partial charge in [0.25, 0.3) is 0 Å². The van der Waals surface area contributed by atoms with E-state index in [1.807, 2.05) is 4.90 Å². The molecular formula is C14H26ClN3O2. The van der Waals surface area contributed by atoms with Gasteiger partial charge in [0.1, 0.15) is 0 Å². The van der Waals surface area contributed by atoms with E-state index >= 15 is 0 Å². The van der Waals surface area contributed by atoms with Gasteiger partial charge in [-0.3, -0.25) is 9.59 Å². The van der Waals surface area contributed by atoms with E-state index in [-0.39, 0.29) is 36.2 Å². The summed E-state index contributed by atoms with van der Waals surface area (Å²) in [5, 5.41) is 3.22. The molecule has 1 saturated heterocycles. The van der Waals surface area contributed by atoms with E-state index in [1.165, 1.54) is 0 Å². The Morgan fingerprint density at radius 1 is 1.25 bits per heavy atom. The lowest BCUT2D eigenvalue weighted by atomic mass is 9.99. The van der Waals surface area contributed by atoms with Gasteiger partial charge in [-0.2, -0.15) is 0 Å². The second-order valence-electron chi connectivity index (χ2n) is 5.82. The van der Waals surface area contributed by atoms with Crippen LogP contribution in [-0.2, 0) is 9.59 Å². The van der Waals surface area contributed by atoms with Gasteiger partial charge in [0, 0.05) is 38.6 Å². The number of carbonyl (C=O) groups is 2. The SMILES string of the molecule is CCCC1(C(=O)N(C)CC(=O)N2CCNCC2)CC1.Cl. The standard InChI is InChI=1S/C14H25N3O2.ClH/c1-3-4-14(5-6-14)13(19)16(2)11-12(18)17-9-7-15-8-10-17;/h15H,3-11H2,1-2H3;1H. The highest BCUT2D eigenvalue weighted by Crippen LogP contribution is 2.50. The topological polar surface area (TPSA) is 52.7 Å². The number of carbonyl (C=O) groups excluding carboxylic acids is 2. The van der Waals surface area contributed by atoms with Gasteiger partial charge in [-0.15, -0.1) is 12.4 Å². The minimum Gasteiger partial charge on any atom is -0.339 e. The molecule has 0 spiro atoms. The Morgan fingerprint density at radius 3 is 2.35 bits per heavy atom. The number of hydrogen-bond acceptors (Lipinski definition) is 3. The predicted molar refractivity (Wildman–Crippen MR) is 80.9 cm³/mol. The number of rotatable bonds is 5. The van der Waals surface area contributed by atoms with Crippen LogP contribution in [0, 0.1) is 5.41 Å². The Bertz CT molecular complexity index is 352. The molecule has 2 rings (SSSR count). The van der Waals surface area contributed by atoms with Crippen molar-refractivity contribution < 1.29 is 9.59 Å². The molecule has 0 radical (unpaired) electrons. The monoisotopic (exact) mass is 303 g/mol. The van der Waals surface area contributed by atoms with Crippen LogP contribution in [0.25, 0.3) is 0 Å². The van der Waals surface area contributed by atoms with Crippen molar-refractivity contribution in [2.45, 2.75) is 32.6 Å². The van der Waals surface area contributed by atoms with Crippen molar-refractivity contribution in [3.05, 3.63) is 0 Å². The Balaban J connectivity index is 0.00000200. The van der Waals surface area contributed by atoms with E-state index in [0.29, 0.717) is 0 Å². The van der Waals surface area contributed by atoms with Gasteiger partial charge in [-0.25, -0.2) is 0 Å². The molecule has 0 aromatic heterocycles. The second-order valence-corrected chi connectivity index (χ2v) is 5.82. The average Bonchev–Trinajstić information content (AvgIpc) is 3.20. The van der Waals surface area contributed by atoms with Crippen LogP contribution in [0.3, 0.4) is 0 Å². The highest BCUT2D eigenvalue weighted by atomic mass is 35.5. The van der Waals surface area contributed by atoms with Gasteiger partial charge in [0.05, 0.1) is 6.54 Å². The van der Waals surface area contributed by atoms with Gasteiger partial charge in [0.2, 0.25) is 11.8 Å². The van der Waals surface area contributed by atoms with Gasteiger partial charge in [-0.05, 0) is 19.3 Å². The van der Waals surface area contributed by atoms with Crippen LogP contribution in [0.5, 0.6) is 0 Å². The fourth-order valence-electron chi connectivity index (χ4n) is 2.89. The first-order chi connectivity index (χ1) is 9.09. The predicted octanol–water partition coefficient (Wildman–Crippen LogP) is 0.879. The average molecular weight is 304 g/mol. The Kier molecular flexibility index (Phi) is 6.27. The molecule has 1 aliphatic carbocycles. The lowest BCUT2D eigenvalue weighted by molar-refractivity contribution is -0.143. The van der Waals surface area contributed by atoms with Crippen molar-refractivity contribution in [3.8, 4) is 0 Å². The number of nitrogens with zero attached hydrogens (tertiary/aromatic N) is 2. The molecule has 1 saturated carbocycles. The maximum Gasteiger partial charge on any atom is 0.242 e. The van der Waals surface area contributed by atoms with Crippen molar-refractivity contribution in [1.82, 2.24) is 15.1 Å². The number of amides is 2. The van der Waals surface area contributed by atoms with Crippen molar-refractivity contribution >= 4 is 24.2 Å². The van der Waals surface area contributed by atoms with Crippen LogP contribution < -0.4 is 5.32 Å². The smallest absolute Gasteiger partial charge is 0.242 e. The molecule has 0 aromatic rings. The largest absolute Gasteiger partial charge is 0.339 e. The van der Waals surface area contributed by atoms with E-state index in [4.69, 9.17) is 0 Å². The van der Waals surface area contributed by atoms with Crippen molar-refractivity contribution in [1.29, 1.82) is 0 Å². The molecule has 2 amide bonds. The van der Waals surface area contributed by atoms with Crippen molar-refractivity contribution in [2.24, 2.45) is 5.41 Å². The number of halogens is 1. The summed E-state index contributed by atoms with van der Waals surface area (Å²) in [6, 6.07) is 0. The molecule has 1 aliphatic heterocycles. The summed E-state index contributed by atoms with van der Waals surface area (Å²) >= 11 is 0. The first kappa shape index (κ1) is 17.2. The third-order valence-corrected chi connectivity index (χ3v) is 4.22. The molecule has 0 unspecified atom stereocenters. The second kappa shape index (κ2) is 7.27. The molecule has 0 atom stereocenters. The van der Waals surface area contributed by atoms with Gasteiger partial charge in [-0.1, -0.05) is 13.3 Å². The lowest BCUT2D eigenvalue weighted by Gasteiger charge is -2.30. The zero-order valence-corrected chi connectivity index (χ0v) is 13.3.